The zero-order chi connectivity index (χ0) is 13.5. The number of nitrogens with zero attached hydrogens (tertiary/aromatic N) is 4. The van der Waals surface area contributed by atoms with E-state index in [9.17, 15) is 4.79 Å². The molecule has 7 nitrogen and oxygen atoms in total. The number of amides is 1. The van der Waals surface area contributed by atoms with Crippen molar-refractivity contribution in [1.29, 1.82) is 0 Å². The van der Waals surface area contributed by atoms with Crippen molar-refractivity contribution in [3.8, 4) is 0 Å². The molecule has 0 aromatic carbocycles. The Hall–Kier alpha value is -2.28. The van der Waals surface area contributed by atoms with Crippen LogP contribution in [0.15, 0.2) is 31.0 Å². The lowest BCUT2D eigenvalue weighted by molar-refractivity contribution is -0.117. The fourth-order valence-electron chi connectivity index (χ4n) is 1.60. The Kier molecular flexibility index (Phi) is 4.57. The average Bonchev–Trinajstić information content (AvgIpc) is 2.90. The Morgan fingerprint density at radius 2 is 2.32 bits per heavy atom. The SMILES string of the molecule is CN(CCc1cn[nH]c1)CC(=O)Nc1cnccn1. The average molecular weight is 260 g/mol. The van der Waals surface area contributed by atoms with Crippen molar-refractivity contribution in [3.63, 3.8) is 0 Å². The van der Waals surface area contributed by atoms with Crippen LogP contribution in [0.4, 0.5) is 5.82 Å². The van der Waals surface area contributed by atoms with Crippen LogP contribution in [0.25, 0.3) is 0 Å². The van der Waals surface area contributed by atoms with Gasteiger partial charge in [-0.25, -0.2) is 4.98 Å². The van der Waals surface area contributed by atoms with E-state index in [0.717, 1.165) is 18.5 Å². The van der Waals surface area contributed by atoms with Crippen LogP contribution in [-0.4, -0.2) is 51.1 Å². The van der Waals surface area contributed by atoms with Gasteiger partial charge in [0.05, 0.1) is 18.9 Å². The van der Waals surface area contributed by atoms with Crippen LogP contribution in [-0.2, 0) is 11.2 Å². The quantitative estimate of drug-likeness (QED) is 0.780. The topological polar surface area (TPSA) is 86.8 Å². The second kappa shape index (κ2) is 6.60. The molecular weight excluding hydrogens is 244 g/mol. The van der Waals surface area contributed by atoms with E-state index < -0.39 is 0 Å². The monoisotopic (exact) mass is 260 g/mol. The predicted octanol–water partition coefficient (Wildman–Crippen LogP) is 0.313. The normalized spacial score (nSPS) is 10.6. The maximum absolute atomic E-state index is 11.7. The lowest BCUT2D eigenvalue weighted by Gasteiger charge is -2.15. The number of likely N-dealkylation sites (N-methyl/N-ethyl adjacent to an activating group) is 1. The number of hydrogen-bond acceptors (Lipinski definition) is 5. The number of aromatic amines is 1. The lowest BCUT2D eigenvalue weighted by Crippen LogP contribution is -2.31. The summed E-state index contributed by atoms with van der Waals surface area (Å²) in [5, 5.41) is 9.34. The zero-order valence-electron chi connectivity index (χ0n) is 10.7. The zero-order valence-corrected chi connectivity index (χ0v) is 10.7. The van der Waals surface area contributed by atoms with Gasteiger partial charge >= 0.3 is 0 Å². The van der Waals surface area contributed by atoms with Gasteiger partial charge in [-0.2, -0.15) is 5.10 Å². The summed E-state index contributed by atoms with van der Waals surface area (Å²) in [6.45, 7) is 1.10. The number of anilines is 1. The maximum Gasteiger partial charge on any atom is 0.239 e. The minimum absolute atomic E-state index is 0.102. The molecule has 0 radical (unpaired) electrons. The number of nitrogens with one attached hydrogen (secondary N) is 2. The Balaban J connectivity index is 1.72. The highest BCUT2D eigenvalue weighted by Crippen LogP contribution is 1.99. The fourth-order valence-corrected chi connectivity index (χ4v) is 1.60. The van der Waals surface area contributed by atoms with Crippen molar-refractivity contribution in [2.24, 2.45) is 0 Å². The highest BCUT2D eigenvalue weighted by molar-refractivity contribution is 5.91. The van der Waals surface area contributed by atoms with E-state index in [1.165, 1.54) is 12.4 Å². The molecule has 0 spiro atoms. The molecule has 0 aliphatic heterocycles. The highest BCUT2D eigenvalue weighted by Gasteiger charge is 2.07. The first-order valence-corrected chi connectivity index (χ1v) is 5.96. The molecule has 1 amide bonds. The van der Waals surface area contributed by atoms with Gasteiger partial charge in [-0.05, 0) is 19.0 Å². The molecule has 0 atom stereocenters. The van der Waals surface area contributed by atoms with Crippen molar-refractivity contribution in [1.82, 2.24) is 25.1 Å². The van der Waals surface area contributed by atoms with E-state index in [-0.39, 0.29) is 5.91 Å². The van der Waals surface area contributed by atoms with E-state index in [2.05, 4.69) is 25.5 Å². The van der Waals surface area contributed by atoms with Crippen LogP contribution in [0.2, 0.25) is 0 Å². The van der Waals surface area contributed by atoms with Gasteiger partial charge in [0.2, 0.25) is 5.91 Å². The summed E-state index contributed by atoms with van der Waals surface area (Å²) < 4.78 is 0. The largest absolute Gasteiger partial charge is 0.308 e. The number of aromatic nitrogens is 4. The molecule has 0 fully saturated rings. The fraction of sp³-hybridized carbons (Fsp3) is 0.333. The first-order valence-electron chi connectivity index (χ1n) is 5.96. The molecule has 2 aromatic heterocycles. The van der Waals surface area contributed by atoms with Crippen LogP contribution >= 0.6 is 0 Å². The van der Waals surface area contributed by atoms with Gasteiger partial charge in [0.1, 0.15) is 0 Å². The second-order valence-corrected chi connectivity index (χ2v) is 4.23. The molecule has 100 valence electrons. The van der Waals surface area contributed by atoms with Gasteiger partial charge in [-0.15, -0.1) is 0 Å². The van der Waals surface area contributed by atoms with Crippen LogP contribution in [0.5, 0.6) is 0 Å². The van der Waals surface area contributed by atoms with Crippen molar-refractivity contribution in [3.05, 3.63) is 36.5 Å². The first-order chi connectivity index (χ1) is 9.24. The van der Waals surface area contributed by atoms with Gasteiger partial charge in [0.15, 0.2) is 5.82 Å². The van der Waals surface area contributed by atoms with Crippen LogP contribution in [0.3, 0.4) is 0 Å². The van der Waals surface area contributed by atoms with Gasteiger partial charge in [0, 0.05) is 25.1 Å². The summed E-state index contributed by atoms with van der Waals surface area (Å²) in [7, 11) is 1.90. The lowest BCUT2D eigenvalue weighted by atomic mass is 10.2. The van der Waals surface area contributed by atoms with Crippen LogP contribution in [0, 0.1) is 0 Å². The third-order valence-corrected chi connectivity index (χ3v) is 2.58. The summed E-state index contributed by atoms with van der Waals surface area (Å²) in [5.74, 6) is 0.367. The number of hydrogen-bond donors (Lipinski definition) is 2. The van der Waals surface area contributed by atoms with Crippen LogP contribution in [0.1, 0.15) is 5.56 Å². The van der Waals surface area contributed by atoms with E-state index in [1.807, 2.05) is 18.1 Å². The Morgan fingerprint density at radius 1 is 1.42 bits per heavy atom. The molecular formula is C12H16N6O. The van der Waals surface area contributed by atoms with Gasteiger partial charge in [-0.3, -0.25) is 19.8 Å². The minimum atomic E-state index is -0.102. The molecule has 0 aliphatic carbocycles. The van der Waals surface area contributed by atoms with Gasteiger partial charge in [-0.1, -0.05) is 0 Å². The Morgan fingerprint density at radius 3 is 3.00 bits per heavy atom. The number of carbonyl (C=O) groups is 1. The molecule has 2 rings (SSSR count). The third-order valence-electron chi connectivity index (χ3n) is 2.58. The standard InChI is InChI=1S/C12H16N6O/c1-18(5-2-10-6-15-16-7-10)9-12(19)17-11-8-13-3-4-14-11/h3-4,6-8H,2,5,9H2,1H3,(H,15,16)(H,14,17,19). The van der Waals surface area contributed by atoms with E-state index >= 15 is 0 Å². The van der Waals surface area contributed by atoms with Crippen molar-refractivity contribution < 1.29 is 4.79 Å². The maximum atomic E-state index is 11.7. The van der Waals surface area contributed by atoms with Crippen molar-refractivity contribution in [2.75, 3.05) is 25.5 Å². The third kappa shape index (κ3) is 4.47. The van der Waals surface area contributed by atoms with Crippen LogP contribution < -0.4 is 5.32 Å². The Labute approximate surface area is 111 Å². The number of H-pyrrole nitrogens is 1. The minimum Gasteiger partial charge on any atom is -0.308 e. The summed E-state index contributed by atoms with van der Waals surface area (Å²) in [6.07, 6.45) is 9.11. The van der Waals surface area contributed by atoms with Gasteiger partial charge < -0.3 is 5.32 Å². The first kappa shape index (κ1) is 13.2. The summed E-state index contributed by atoms with van der Waals surface area (Å²) in [5.41, 5.74) is 1.13. The molecule has 0 bridgehead atoms. The highest BCUT2D eigenvalue weighted by atomic mass is 16.2. The van der Waals surface area contributed by atoms with E-state index in [4.69, 9.17) is 0 Å². The molecule has 0 saturated carbocycles. The van der Waals surface area contributed by atoms with Gasteiger partial charge in [0.25, 0.3) is 0 Å². The van der Waals surface area contributed by atoms with E-state index in [0.29, 0.717) is 12.4 Å². The molecule has 7 heteroatoms. The molecule has 0 unspecified atom stereocenters. The summed E-state index contributed by atoms with van der Waals surface area (Å²) in [6, 6.07) is 0. The molecule has 0 saturated heterocycles. The molecule has 19 heavy (non-hydrogen) atoms. The second-order valence-electron chi connectivity index (χ2n) is 4.23. The van der Waals surface area contributed by atoms with E-state index in [1.54, 1.807) is 12.4 Å². The summed E-state index contributed by atoms with van der Waals surface area (Å²) in [4.78, 5) is 21.6. The van der Waals surface area contributed by atoms with Crippen molar-refractivity contribution >= 4 is 11.7 Å². The predicted molar refractivity (Wildman–Crippen MR) is 70.5 cm³/mol. The number of rotatable bonds is 6. The van der Waals surface area contributed by atoms with Crippen molar-refractivity contribution in [2.45, 2.75) is 6.42 Å². The molecule has 2 aromatic rings. The molecule has 2 N–H and O–H groups in total. The molecule has 0 aliphatic rings. The Bertz CT molecular complexity index is 498. The smallest absolute Gasteiger partial charge is 0.239 e. The molecule has 2 heterocycles. The number of carbonyl (C=O) groups excluding carboxylic acids is 1. The summed E-state index contributed by atoms with van der Waals surface area (Å²) >= 11 is 0.